The first-order valence-electron chi connectivity index (χ1n) is 8.85. The summed E-state index contributed by atoms with van der Waals surface area (Å²) >= 11 is 0. The van der Waals surface area contributed by atoms with Crippen molar-refractivity contribution < 1.29 is 9.53 Å². The molecular weight excluding hydrogens is 318 g/mol. The van der Waals surface area contributed by atoms with E-state index in [4.69, 9.17) is 4.74 Å². The second-order valence-electron chi connectivity index (χ2n) is 6.58. The van der Waals surface area contributed by atoms with Crippen LogP contribution in [0, 0.1) is 6.92 Å². The van der Waals surface area contributed by atoms with Crippen LogP contribution in [0.25, 0.3) is 0 Å². The molecule has 2 aliphatic rings. The molecule has 1 aromatic heterocycles. The van der Waals surface area contributed by atoms with Gasteiger partial charge in [0.15, 0.2) is 5.82 Å². The van der Waals surface area contributed by atoms with Crippen LogP contribution in [0.3, 0.4) is 0 Å². The third kappa shape index (κ3) is 3.24. The average molecular weight is 341 g/mol. The second kappa shape index (κ2) is 6.84. The van der Waals surface area contributed by atoms with Crippen LogP contribution in [-0.2, 0) is 4.74 Å². The summed E-state index contributed by atoms with van der Waals surface area (Å²) in [5.41, 5.74) is 1.86. The zero-order valence-corrected chi connectivity index (χ0v) is 14.4. The van der Waals surface area contributed by atoms with E-state index in [0.29, 0.717) is 5.82 Å². The van der Waals surface area contributed by atoms with Gasteiger partial charge in [0.25, 0.3) is 5.91 Å². The van der Waals surface area contributed by atoms with Gasteiger partial charge >= 0.3 is 0 Å². The lowest BCUT2D eigenvalue weighted by Gasteiger charge is -2.29. The van der Waals surface area contributed by atoms with Gasteiger partial charge in [0.05, 0.1) is 19.3 Å². The number of hydrogen-bond acceptors (Lipinski definition) is 5. The minimum atomic E-state index is -0.0311. The highest BCUT2D eigenvalue weighted by atomic mass is 16.5. The first-order chi connectivity index (χ1) is 12.2. The molecule has 4 rings (SSSR count). The number of anilines is 1. The Balaban J connectivity index is 1.50. The van der Waals surface area contributed by atoms with Crippen LogP contribution in [0.4, 0.5) is 5.69 Å². The van der Waals surface area contributed by atoms with Gasteiger partial charge in [0, 0.05) is 30.9 Å². The largest absolute Gasteiger partial charge is 0.378 e. The molecule has 2 aromatic rings. The number of carbonyl (C=O) groups is 1. The van der Waals surface area contributed by atoms with Crippen LogP contribution in [0.2, 0.25) is 0 Å². The maximum atomic E-state index is 13.0. The average Bonchev–Trinajstić information content (AvgIpc) is 3.31. The van der Waals surface area contributed by atoms with Crippen molar-refractivity contribution in [3.63, 3.8) is 0 Å². The molecule has 132 valence electrons. The smallest absolute Gasteiger partial charge is 0.254 e. The molecule has 0 saturated carbocycles. The van der Waals surface area contributed by atoms with Crippen molar-refractivity contribution in [2.45, 2.75) is 25.8 Å². The van der Waals surface area contributed by atoms with E-state index < -0.39 is 0 Å². The monoisotopic (exact) mass is 341 g/mol. The number of carbonyl (C=O) groups excluding carboxylic acids is 1. The third-order valence-electron chi connectivity index (χ3n) is 4.92. The Morgan fingerprint density at radius 3 is 2.64 bits per heavy atom. The zero-order chi connectivity index (χ0) is 17.2. The normalized spacial score (nSPS) is 20.9. The number of H-pyrrole nitrogens is 1. The molecule has 2 fully saturated rings. The van der Waals surface area contributed by atoms with Crippen molar-refractivity contribution >= 4 is 11.6 Å². The minimum Gasteiger partial charge on any atom is -0.378 e. The van der Waals surface area contributed by atoms with Crippen LogP contribution in [0.15, 0.2) is 24.3 Å². The maximum Gasteiger partial charge on any atom is 0.254 e. The Morgan fingerprint density at radius 1 is 1.20 bits per heavy atom. The predicted octanol–water partition coefficient (Wildman–Crippen LogP) is 1.93. The van der Waals surface area contributed by atoms with Crippen molar-refractivity contribution in [1.29, 1.82) is 0 Å². The summed E-state index contributed by atoms with van der Waals surface area (Å²) in [6, 6.07) is 7.87. The molecule has 0 aliphatic carbocycles. The number of ether oxygens (including phenoxy) is 1. The van der Waals surface area contributed by atoms with Crippen LogP contribution < -0.4 is 4.90 Å². The quantitative estimate of drug-likeness (QED) is 0.923. The molecule has 7 nitrogen and oxygen atoms in total. The number of likely N-dealkylation sites (tertiary alicyclic amines) is 1. The van der Waals surface area contributed by atoms with Crippen molar-refractivity contribution in [1.82, 2.24) is 20.1 Å². The highest BCUT2D eigenvalue weighted by Crippen LogP contribution is 2.31. The van der Waals surface area contributed by atoms with Crippen molar-refractivity contribution in [3.8, 4) is 0 Å². The van der Waals surface area contributed by atoms with Gasteiger partial charge in [-0.25, -0.2) is 4.98 Å². The Morgan fingerprint density at radius 2 is 1.96 bits per heavy atom. The van der Waals surface area contributed by atoms with Gasteiger partial charge in [-0.3, -0.25) is 9.89 Å². The van der Waals surface area contributed by atoms with Crippen molar-refractivity contribution in [3.05, 3.63) is 41.5 Å². The van der Waals surface area contributed by atoms with Crippen LogP contribution >= 0.6 is 0 Å². The molecule has 0 spiro atoms. The molecule has 1 atom stereocenters. The number of nitrogens with zero attached hydrogens (tertiary/aromatic N) is 4. The fourth-order valence-corrected chi connectivity index (χ4v) is 3.59. The van der Waals surface area contributed by atoms with Gasteiger partial charge in [-0.2, -0.15) is 5.10 Å². The lowest BCUT2D eigenvalue weighted by molar-refractivity contribution is 0.0730. The lowest BCUT2D eigenvalue weighted by atomic mass is 10.1. The maximum absolute atomic E-state index is 13.0. The molecule has 25 heavy (non-hydrogen) atoms. The van der Waals surface area contributed by atoms with Crippen molar-refractivity contribution in [2.75, 3.05) is 37.7 Å². The van der Waals surface area contributed by atoms with Gasteiger partial charge in [-0.15, -0.1) is 0 Å². The number of benzene rings is 1. The summed E-state index contributed by atoms with van der Waals surface area (Å²) in [5.74, 6) is 1.55. The second-order valence-corrected chi connectivity index (χ2v) is 6.58. The van der Waals surface area contributed by atoms with E-state index in [1.807, 2.05) is 36.1 Å². The summed E-state index contributed by atoms with van der Waals surface area (Å²) in [6.07, 6.45) is 1.89. The summed E-state index contributed by atoms with van der Waals surface area (Å²) in [6.45, 7) is 5.93. The number of hydrogen-bond donors (Lipinski definition) is 1. The topological polar surface area (TPSA) is 74.3 Å². The summed E-state index contributed by atoms with van der Waals surface area (Å²) in [4.78, 5) is 21.5. The number of rotatable bonds is 3. The van der Waals surface area contributed by atoms with E-state index in [1.54, 1.807) is 0 Å². The highest BCUT2D eigenvalue weighted by Gasteiger charge is 2.33. The Hall–Kier alpha value is -2.41. The number of aromatic nitrogens is 3. The predicted molar refractivity (Wildman–Crippen MR) is 93.6 cm³/mol. The lowest BCUT2D eigenvalue weighted by Crippen LogP contribution is -2.36. The molecule has 2 aliphatic heterocycles. The van der Waals surface area contributed by atoms with E-state index in [1.165, 1.54) is 0 Å². The molecule has 1 amide bonds. The first-order valence-corrected chi connectivity index (χ1v) is 8.85. The van der Waals surface area contributed by atoms with Crippen LogP contribution in [0.1, 0.15) is 40.9 Å². The van der Waals surface area contributed by atoms with Crippen LogP contribution in [-0.4, -0.2) is 58.8 Å². The van der Waals surface area contributed by atoms with Crippen LogP contribution in [0.5, 0.6) is 0 Å². The summed E-state index contributed by atoms with van der Waals surface area (Å²) in [7, 11) is 0. The molecule has 7 heteroatoms. The standard InChI is InChI=1S/C18H23N5O2/c1-13-19-17(21-20-13)16-3-2-8-23(16)18(24)14-4-6-15(7-5-14)22-9-11-25-12-10-22/h4-7,16H,2-3,8-12H2,1H3,(H,19,20,21)/t16-/m1/s1. The minimum absolute atomic E-state index is 0.0311. The molecule has 0 unspecified atom stereocenters. The van der Waals surface area contributed by atoms with Gasteiger partial charge in [-0.05, 0) is 44.0 Å². The number of aromatic amines is 1. The summed E-state index contributed by atoms with van der Waals surface area (Å²) in [5, 5.41) is 7.12. The van der Waals surface area contributed by atoms with E-state index in [2.05, 4.69) is 20.1 Å². The fraction of sp³-hybridized carbons (Fsp3) is 0.500. The Bertz CT molecular complexity index is 736. The highest BCUT2D eigenvalue weighted by molar-refractivity contribution is 5.95. The molecule has 1 aromatic carbocycles. The molecule has 1 N–H and O–H groups in total. The molecule has 2 saturated heterocycles. The fourth-order valence-electron chi connectivity index (χ4n) is 3.59. The number of amides is 1. The van der Waals surface area contributed by atoms with E-state index >= 15 is 0 Å². The Kier molecular flexibility index (Phi) is 4.40. The van der Waals surface area contributed by atoms with Gasteiger partial charge in [0.1, 0.15) is 5.82 Å². The first kappa shape index (κ1) is 16.1. The van der Waals surface area contributed by atoms with E-state index in [0.717, 1.165) is 62.8 Å². The van der Waals surface area contributed by atoms with E-state index in [-0.39, 0.29) is 11.9 Å². The van der Waals surface area contributed by atoms with Gasteiger partial charge in [-0.1, -0.05) is 0 Å². The number of morpholine rings is 1. The number of aryl methyl sites for hydroxylation is 1. The van der Waals surface area contributed by atoms with Gasteiger partial charge in [0.2, 0.25) is 0 Å². The molecular formula is C18H23N5O2. The molecule has 3 heterocycles. The molecule has 0 radical (unpaired) electrons. The summed E-state index contributed by atoms with van der Waals surface area (Å²) < 4.78 is 5.39. The third-order valence-corrected chi connectivity index (χ3v) is 4.92. The molecule has 0 bridgehead atoms. The number of nitrogens with one attached hydrogen (secondary N) is 1. The van der Waals surface area contributed by atoms with Gasteiger partial charge < -0.3 is 14.5 Å². The Labute approximate surface area is 147 Å². The SMILES string of the molecule is Cc1nc([C@H]2CCCN2C(=O)c2ccc(N3CCOCC3)cc2)n[nH]1. The van der Waals surface area contributed by atoms with Crippen molar-refractivity contribution in [2.24, 2.45) is 0 Å². The van der Waals surface area contributed by atoms with E-state index in [9.17, 15) is 4.79 Å². The zero-order valence-electron chi connectivity index (χ0n) is 14.4.